The molecule has 0 bridgehead atoms. The number of aromatic nitrogens is 4. The van der Waals surface area contributed by atoms with E-state index in [1.54, 1.807) is 23.7 Å². The minimum absolute atomic E-state index is 0.170. The van der Waals surface area contributed by atoms with Gasteiger partial charge in [-0.15, -0.1) is 5.10 Å². The molecule has 138 valence electrons. The summed E-state index contributed by atoms with van der Waals surface area (Å²) in [6, 6.07) is 4.67. The van der Waals surface area contributed by atoms with E-state index in [0.29, 0.717) is 16.8 Å². The predicted octanol–water partition coefficient (Wildman–Crippen LogP) is 1.09. The lowest BCUT2D eigenvalue weighted by Gasteiger charge is -2.08. The number of carbonyl (C=O) groups is 2. The third kappa shape index (κ3) is 4.78. The molecule has 1 aliphatic carbocycles. The molecule has 26 heavy (non-hydrogen) atoms. The van der Waals surface area contributed by atoms with E-state index in [1.165, 1.54) is 17.8 Å². The molecule has 2 amide bonds. The van der Waals surface area contributed by atoms with Gasteiger partial charge in [-0.3, -0.25) is 9.59 Å². The first-order valence-corrected chi connectivity index (χ1v) is 9.25. The van der Waals surface area contributed by atoms with Crippen LogP contribution in [0.2, 0.25) is 0 Å². The number of aryl methyl sites for hydroxylation is 1. The first kappa shape index (κ1) is 18.3. The van der Waals surface area contributed by atoms with Crippen LogP contribution in [-0.4, -0.2) is 50.9 Å². The van der Waals surface area contributed by atoms with Gasteiger partial charge in [-0.05, 0) is 47.9 Å². The van der Waals surface area contributed by atoms with Gasteiger partial charge in [-0.1, -0.05) is 17.8 Å². The highest BCUT2D eigenvalue weighted by molar-refractivity contribution is 7.99. The van der Waals surface area contributed by atoms with Crippen molar-refractivity contribution in [1.29, 1.82) is 0 Å². The summed E-state index contributed by atoms with van der Waals surface area (Å²) in [7, 11) is 0. The molecule has 0 saturated heterocycles. The summed E-state index contributed by atoms with van der Waals surface area (Å²) in [6.07, 6.45) is 2.13. The molecule has 3 rings (SSSR count). The van der Waals surface area contributed by atoms with Crippen LogP contribution in [0.25, 0.3) is 0 Å². The van der Waals surface area contributed by atoms with Crippen molar-refractivity contribution in [3.8, 4) is 0 Å². The minimum atomic E-state index is -0.420. The number of tetrazole rings is 1. The second-order valence-electron chi connectivity index (χ2n) is 6.00. The molecule has 2 aromatic rings. The van der Waals surface area contributed by atoms with Gasteiger partial charge in [-0.25, -0.2) is 9.07 Å². The summed E-state index contributed by atoms with van der Waals surface area (Å²) in [5.74, 6) is -0.770. The third-order valence-electron chi connectivity index (χ3n) is 3.85. The Kier molecular flexibility index (Phi) is 5.82. The van der Waals surface area contributed by atoms with Crippen LogP contribution >= 0.6 is 11.8 Å². The van der Waals surface area contributed by atoms with Crippen molar-refractivity contribution < 1.29 is 14.0 Å². The molecule has 1 saturated carbocycles. The van der Waals surface area contributed by atoms with Crippen molar-refractivity contribution in [3.05, 3.63) is 35.1 Å². The molecular formula is C16H19FN6O2S. The zero-order chi connectivity index (χ0) is 18.5. The lowest BCUT2D eigenvalue weighted by atomic mass is 10.1. The fourth-order valence-electron chi connectivity index (χ4n) is 2.22. The van der Waals surface area contributed by atoms with Gasteiger partial charge in [0.15, 0.2) is 0 Å². The van der Waals surface area contributed by atoms with E-state index in [2.05, 4.69) is 26.2 Å². The zero-order valence-electron chi connectivity index (χ0n) is 14.2. The molecule has 0 atom stereocenters. The van der Waals surface area contributed by atoms with E-state index in [-0.39, 0.29) is 36.2 Å². The fourth-order valence-corrected chi connectivity index (χ4v) is 3.00. The van der Waals surface area contributed by atoms with Crippen molar-refractivity contribution in [2.75, 3.05) is 18.8 Å². The zero-order valence-corrected chi connectivity index (χ0v) is 15.1. The SMILES string of the molecule is Cc1ccc(C(=O)NCCNC(=O)CSc2nnnn2C2CC2)cc1F. The predicted molar refractivity (Wildman–Crippen MR) is 93.3 cm³/mol. The van der Waals surface area contributed by atoms with Gasteiger partial charge in [0, 0.05) is 18.7 Å². The van der Waals surface area contributed by atoms with Gasteiger partial charge in [0.05, 0.1) is 11.8 Å². The molecule has 0 spiro atoms. The maximum atomic E-state index is 13.5. The van der Waals surface area contributed by atoms with Gasteiger partial charge in [0.1, 0.15) is 5.82 Å². The normalized spacial score (nSPS) is 13.5. The first-order chi connectivity index (χ1) is 12.5. The Labute approximate surface area is 153 Å². The number of carbonyl (C=O) groups excluding carboxylic acids is 2. The number of rotatable bonds is 8. The van der Waals surface area contributed by atoms with Crippen LogP contribution < -0.4 is 10.6 Å². The summed E-state index contributed by atoms with van der Waals surface area (Å²) in [5.41, 5.74) is 0.737. The number of halogens is 1. The molecular weight excluding hydrogens is 359 g/mol. The summed E-state index contributed by atoms with van der Waals surface area (Å²) >= 11 is 1.28. The van der Waals surface area contributed by atoms with Crippen LogP contribution in [0.3, 0.4) is 0 Å². The van der Waals surface area contributed by atoms with Crippen molar-refractivity contribution >= 4 is 23.6 Å². The number of benzene rings is 1. The monoisotopic (exact) mass is 378 g/mol. The number of nitrogens with zero attached hydrogens (tertiary/aromatic N) is 4. The lowest BCUT2D eigenvalue weighted by Crippen LogP contribution is -2.35. The number of thioether (sulfide) groups is 1. The van der Waals surface area contributed by atoms with Crippen LogP contribution in [-0.2, 0) is 4.79 Å². The van der Waals surface area contributed by atoms with Crippen LogP contribution in [0.5, 0.6) is 0 Å². The average molecular weight is 378 g/mol. The second kappa shape index (κ2) is 8.26. The minimum Gasteiger partial charge on any atom is -0.354 e. The molecule has 1 aliphatic rings. The van der Waals surface area contributed by atoms with E-state index >= 15 is 0 Å². The lowest BCUT2D eigenvalue weighted by molar-refractivity contribution is -0.118. The van der Waals surface area contributed by atoms with Gasteiger partial charge in [0.25, 0.3) is 5.91 Å². The Morgan fingerprint density at radius 3 is 2.81 bits per heavy atom. The molecule has 1 aromatic heterocycles. The van der Waals surface area contributed by atoms with Crippen molar-refractivity contribution in [1.82, 2.24) is 30.8 Å². The van der Waals surface area contributed by atoms with Gasteiger partial charge < -0.3 is 10.6 Å². The van der Waals surface area contributed by atoms with Crippen molar-refractivity contribution in [2.45, 2.75) is 31.0 Å². The second-order valence-corrected chi connectivity index (χ2v) is 6.94. The number of amides is 2. The smallest absolute Gasteiger partial charge is 0.251 e. The Balaban J connectivity index is 1.35. The summed E-state index contributed by atoms with van der Waals surface area (Å²) in [4.78, 5) is 23.8. The highest BCUT2D eigenvalue weighted by Crippen LogP contribution is 2.36. The fraction of sp³-hybridized carbons (Fsp3) is 0.438. The van der Waals surface area contributed by atoms with E-state index < -0.39 is 5.82 Å². The Morgan fingerprint density at radius 2 is 2.08 bits per heavy atom. The standard InChI is InChI=1S/C16H19FN6O2S/c1-10-2-3-11(8-13(10)17)15(25)19-7-6-18-14(24)9-26-16-20-21-22-23(16)12-4-5-12/h2-3,8,12H,4-7,9H2,1H3,(H,18,24)(H,19,25). The molecule has 1 fully saturated rings. The van der Waals surface area contributed by atoms with E-state index in [0.717, 1.165) is 12.8 Å². The van der Waals surface area contributed by atoms with Crippen LogP contribution in [0.1, 0.15) is 34.8 Å². The Hall–Kier alpha value is -2.49. The molecule has 1 aromatic carbocycles. The summed E-state index contributed by atoms with van der Waals surface area (Å²) < 4.78 is 15.2. The number of nitrogens with one attached hydrogen (secondary N) is 2. The molecule has 1 heterocycles. The summed E-state index contributed by atoms with van der Waals surface area (Å²) in [6.45, 7) is 2.17. The van der Waals surface area contributed by atoms with Gasteiger partial charge in [-0.2, -0.15) is 0 Å². The molecule has 8 nitrogen and oxygen atoms in total. The average Bonchev–Trinajstić information content (AvgIpc) is 3.37. The topological polar surface area (TPSA) is 102 Å². The number of hydrogen-bond acceptors (Lipinski definition) is 6. The van der Waals surface area contributed by atoms with Crippen LogP contribution in [0.15, 0.2) is 23.4 Å². The quantitative estimate of drug-likeness (QED) is 0.527. The van der Waals surface area contributed by atoms with E-state index in [9.17, 15) is 14.0 Å². The Bertz CT molecular complexity index is 808. The highest BCUT2D eigenvalue weighted by Gasteiger charge is 2.28. The molecule has 0 unspecified atom stereocenters. The van der Waals surface area contributed by atoms with E-state index in [1.807, 2.05) is 0 Å². The summed E-state index contributed by atoms with van der Waals surface area (Å²) in [5, 5.41) is 17.5. The van der Waals surface area contributed by atoms with Crippen molar-refractivity contribution in [3.63, 3.8) is 0 Å². The molecule has 0 aliphatic heterocycles. The van der Waals surface area contributed by atoms with Gasteiger partial charge >= 0.3 is 0 Å². The largest absolute Gasteiger partial charge is 0.354 e. The third-order valence-corrected chi connectivity index (χ3v) is 4.79. The maximum absolute atomic E-state index is 13.5. The molecule has 0 radical (unpaired) electrons. The van der Waals surface area contributed by atoms with Crippen LogP contribution in [0.4, 0.5) is 4.39 Å². The maximum Gasteiger partial charge on any atom is 0.251 e. The van der Waals surface area contributed by atoms with Gasteiger partial charge in [0.2, 0.25) is 11.1 Å². The first-order valence-electron chi connectivity index (χ1n) is 8.26. The van der Waals surface area contributed by atoms with Crippen molar-refractivity contribution in [2.24, 2.45) is 0 Å². The van der Waals surface area contributed by atoms with E-state index in [4.69, 9.17) is 0 Å². The Morgan fingerprint density at radius 1 is 1.31 bits per heavy atom. The number of hydrogen-bond donors (Lipinski definition) is 2. The molecule has 2 N–H and O–H groups in total. The highest BCUT2D eigenvalue weighted by atomic mass is 32.2. The van der Waals surface area contributed by atoms with Crippen LogP contribution in [0, 0.1) is 12.7 Å². The molecule has 10 heteroatoms.